The lowest BCUT2D eigenvalue weighted by molar-refractivity contribution is -0.122. The Labute approximate surface area is 147 Å². The Kier molecular flexibility index (Phi) is 5.49. The topological polar surface area (TPSA) is 49.3 Å². The summed E-state index contributed by atoms with van der Waals surface area (Å²) in [6.45, 7) is 2.28. The molecule has 2 aromatic carbocycles. The molecule has 4 atom stereocenters. The molecule has 3 rings (SSSR count). The summed E-state index contributed by atoms with van der Waals surface area (Å²) >= 11 is 0. The van der Waals surface area contributed by atoms with E-state index in [2.05, 4.69) is 5.32 Å². The third-order valence-corrected chi connectivity index (χ3v) is 4.84. The fourth-order valence-electron chi connectivity index (χ4n) is 3.39. The molecule has 0 spiro atoms. The van der Waals surface area contributed by atoms with E-state index in [4.69, 9.17) is 0 Å². The Morgan fingerprint density at radius 2 is 1.88 bits per heavy atom. The van der Waals surface area contributed by atoms with Gasteiger partial charge < -0.3 is 10.4 Å². The number of halogens is 1. The van der Waals surface area contributed by atoms with Crippen molar-refractivity contribution >= 4 is 5.91 Å². The van der Waals surface area contributed by atoms with Crippen molar-refractivity contribution in [1.29, 1.82) is 0 Å². The molecular formula is C21H24FNO2. The van der Waals surface area contributed by atoms with Gasteiger partial charge in [-0.2, -0.15) is 0 Å². The van der Waals surface area contributed by atoms with Gasteiger partial charge in [0.25, 0.3) is 0 Å². The van der Waals surface area contributed by atoms with E-state index in [0.29, 0.717) is 13.0 Å². The molecule has 0 aromatic heterocycles. The largest absolute Gasteiger partial charge is 0.393 e. The second-order valence-electron chi connectivity index (χ2n) is 6.94. The van der Waals surface area contributed by atoms with Crippen LogP contribution < -0.4 is 5.32 Å². The molecule has 132 valence electrons. The van der Waals surface area contributed by atoms with Crippen molar-refractivity contribution < 1.29 is 14.3 Å². The highest BCUT2D eigenvalue weighted by atomic mass is 19.1. The van der Waals surface area contributed by atoms with Gasteiger partial charge in [0.2, 0.25) is 5.91 Å². The van der Waals surface area contributed by atoms with Crippen LogP contribution in [0, 0.1) is 11.7 Å². The van der Waals surface area contributed by atoms with Crippen LogP contribution in [-0.4, -0.2) is 23.7 Å². The molecule has 4 heteroatoms. The van der Waals surface area contributed by atoms with Gasteiger partial charge in [0.1, 0.15) is 5.82 Å². The summed E-state index contributed by atoms with van der Waals surface area (Å²) in [4.78, 5) is 12.4. The van der Waals surface area contributed by atoms with Crippen LogP contribution in [0.3, 0.4) is 0 Å². The smallest absolute Gasteiger partial charge is 0.223 e. The normalized spacial score (nSPS) is 21.4. The minimum absolute atomic E-state index is 0.0339. The standard InChI is InChI=1S/C21H24FNO2/c1-14(24)11-17(15-5-3-2-4-6-15)13-23-21(25)20-12-19(20)16-7-9-18(22)10-8-16/h2-10,14,17,19-20,24H,11-13H2,1H3,(H,23,25). The highest BCUT2D eigenvalue weighted by Gasteiger charge is 2.43. The summed E-state index contributed by atoms with van der Waals surface area (Å²) in [6, 6.07) is 16.3. The van der Waals surface area contributed by atoms with E-state index in [9.17, 15) is 14.3 Å². The van der Waals surface area contributed by atoms with Gasteiger partial charge in [-0.25, -0.2) is 4.39 Å². The van der Waals surface area contributed by atoms with E-state index in [1.165, 1.54) is 12.1 Å². The number of hydrogen-bond donors (Lipinski definition) is 2. The summed E-state index contributed by atoms with van der Waals surface area (Å²) in [6.07, 6.45) is 0.996. The van der Waals surface area contributed by atoms with Crippen LogP contribution in [0.1, 0.15) is 42.7 Å². The van der Waals surface area contributed by atoms with E-state index in [-0.39, 0.29) is 29.5 Å². The van der Waals surface area contributed by atoms with Gasteiger partial charge in [-0.15, -0.1) is 0 Å². The molecule has 25 heavy (non-hydrogen) atoms. The van der Waals surface area contributed by atoms with Crippen molar-refractivity contribution in [2.24, 2.45) is 5.92 Å². The van der Waals surface area contributed by atoms with Crippen molar-refractivity contribution in [1.82, 2.24) is 5.32 Å². The molecule has 2 aromatic rings. The Hall–Kier alpha value is -2.20. The third-order valence-electron chi connectivity index (χ3n) is 4.84. The molecule has 2 N–H and O–H groups in total. The first-order valence-corrected chi connectivity index (χ1v) is 8.80. The van der Waals surface area contributed by atoms with Crippen LogP contribution >= 0.6 is 0 Å². The number of rotatable bonds is 7. The van der Waals surface area contributed by atoms with Gasteiger partial charge in [0, 0.05) is 18.4 Å². The number of benzene rings is 2. The van der Waals surface area contributed by atoms with Gasteiger partial charge >= 0.3 is 0 Å². The quantitative estimate of drug-likeness (QED) is 0.808. The van der Waals surface area contributed by atoms with Crippen LogP contribution in [0.4, 0.5) is 4.39 Å². The Bertz CT molecular complexity index is 700. The summed E-state index contributed by atoms with van der Waals surface area (Å²) in [7, 11) is 0. The van der Waals surface area contributed by atoms with E-state index in [1.54, 1.807) is 19.1 Å². The second-order valence-corrected chi connectivity index (χ2v) is 6.94. The Morgan fingerprint density at radius 1 is 1.20 bits per heavy atom. The highest BCUT2D eigenvalue weighted by molar-refractivity contribution is 5.82. The lowest BCUT2D eigenvalue weighted by Gasteiger charge is -2.19. The monoisotopic (exact) mass is 341 g/mol. The molecule has 1 fully saturated rings. The molecule has 0 saturated heterocycles. The molecule has 4 unspecified atom stereocenters. The van der Waals surface area contributed by atoms with Crippen LogP contribution in [0.2, 0.25) is 0 Å². The molecule has 3 nitrogen and oxygen atoms in total. The SMILES string of the molecule is CC(O)CC(CNC(=O)C1CC1c1ccc(F)cc1)c1ccccc1. The zero-order chi connectivity index (χ0) is 17.8. The Balaban J connectivity index is 1.56. The van der Waals surface area contributed by atoms with E-state index >= 15 is 0 Å². The van der Waals surface area contributed by atoms with E-state index in [0.717, 1.165) is 17.5 Å². The predicted molar refractivity (Wildman–Crippen MR) is 95.7 cm³/mol. The molecule has 0 bridgehead atoms. The summed E-state index contributed by atoms with van der Waals surface area (Å²) < 4.78 is 13.0. The number of carbonyl (C=O) groups excluding carboxylic acids is 1. The molecule has 1 amide bonds. The molecule has 1 aliphatic rings. The van der Waals surface area contributed by atoms with Crippen LogP contribution in [0.25, 0.3) is 0 Å². The van der Waals surface area contributed by atoms with Gasteiger partial charge in [0.15, 0.2) is 0 Å². The maximum atomic E-state index is 13.0. The average Bonchev–Trinajstić information content (AvgIpc) is 3.40. The van der Waals surface area contributed by atoms with Crippen molar-refractivity contribution in [3.05, 3.63) is 71.5 Å². The first kappa shape index (κ1) is 17.6. The Morgan fingerprint density at radius 3 is 2.52 bits per heavy atom. The van der Waals surface area contributed by atoms with Crippen molar-refractivity contribution in [2.45, 2.75) is 37.7 Å². The molecule has 1 aliphatic carbocycles. The lowest BCUT2D eigenvalue weighted by Crippen LogP contribution is -2.31. The number of aliphatic hydroxyl groups excluding tert-OH is 1. The zero-order valence-corrected chi connectivity index (χ0v) is 14.4. The first-order chi connectivity index (χ1) is 12.0. The number of amides is 1. The number of aliphatic hydroxyl groups is 1. The number of carbonyl (C=O) groups is 1. The summed E-state index contributed by atoms with van der Waals surface area (Å²) in [5.74, 6) is 0.0317. The molecule has 0 aliphatic heterocycles. The minimum atomic E-state index is -0.421. The molecular weight excluding hydrogens is 317 g/mol. The van der Waals surface area contributed by atoms with Crippen LogP contribution in [0.15, 0.2) is 54.6 Å². The number of hydrogen-bond acceptors (Lipinski definition) is 2. The first-order valence-electron chi connectivity index (χ1n) is 8.80. The summed E-state index contributed by atoms with van der Waals surface area (Å²) in [5, 5.41) is 12.8. The maximum Gasteiger partial charge on any atom is 0.223 e. The van der Waals surface area contributed by atoms with Crippen LogP contribution in [-0.2, 0) is 4.79 Å². The van der Waals surface area contributed by atoms with Gasteiger partial charge in [-0.1, -0.05) is 42.5 Å². The third kappa shape index (κ3) is 4.67. The minimum Gasteiger partial charge on any atom is -0.393 e. The maximum absolute atomic E-state index is 13.0. The van der Waals surface area contributed by atoms with Crippen molar-refractivity contribution in [2.75, 3.05) is 6.54 Å². The molecule has 0 heterocycles. The van der Waals surface area contributed by atoms with Gasteiger partial charge in [-0.3, -0.25) is 4.79 Å². The molecule has 0 radical (unpaired) electrons. The predicted octanol–water partition coefficient (Wildman–Crippen LogP) is 3.60. The zero-order valence-electron chi connectivity index (χ0n) is 14.4. The van der Waals surface area contributed by atoms with Crippen LogP contribution in [0.5, 0.6) is 0 Å². The molecule has 1 saturated carbocycles. The highest BCUT2D eigenvalue weighted by Crippen LogP contribution is 2.47. The van der Waals surface area contributed by atoms with Gasteiger partial charge in [0.05, 0.1) is 6.10 Å². The fourth-order valence-corrected chi connectivity index (χ4v) is 3.39. The number of nitrogens with one attached hydrogen (secondary N) is 1. The average molecular weight is 341 g/mol. The van der Waals surface area contributed by atoms with Crippen molar-refractivity contribution in [3.8, 4) is 0 Å². The van der Waals surface area contributed by atoms with E-state index in [1.807, 2.05) is 30.3 Å². The van der Waals surface area contributed by atoms with E-state index < -0.39 is 6.10 Å². The lowest BCUT2D eigenvalue weighted by atomic mass is 9.93. The fraction of sp³-hybridized carbons (Fsp3) is 0.381. The van der Waals surface area contributed by atoms with Gasteiger partial charge in [-0.05, 0) is 48.9 Å². The summed E-state index contributed by atoms with van der Waals surface area (Å²) in [5.41, 5.74) is 2.14. The van der Waals surface area contributed by atoms with Crippen molar-refractivity contribution in [3.63, 3.8) is 0 Å². The second kappa shape index (κ2) is 7.79.